The van der Waals surface area contributed by atoms with Gasteiger partial charge in [-0.2, -0.15) is 21.5 Å². The number of benzene rings is 1. The summed E-state index contributed by atoms with van der Waals surface area (Å²) in [5.41, 5.74) is 1.76. The molecule has 0 amide bonds. The van der Waals surface area contributed by atoms with Crippen LogP contribution >= 0.6 is 35.0 Å². The van der Waals surface area contributed by atoms with Crippen LogP contribution in [0.15, 0.2) is 29.2 Å². The van der Waals surface area contributed by atoms with E-state index in [1.54, 1.807) is 18.3 Å². The van der Waals surface area contributed by atoms with Crippen molar-refractivity contribution in [3.8, 4) is 5.69 Å². The summed E-state index contributed by atoms with van der Waals surface area (Å²) in [7, 11) is 0. The highest BCUT2D eigenvalue weighted by molar-refractivity contribution is 8.00. The van der Waals surface area contributed by atoms with Crippen LogP contribution in [0.2, 0.25) is 10.0 Å². The second-order valence-corrected chi connectivity index (χ2v) is 7.82. The van der Waals surface area contributed by atoms with Crippen molar-refractivity contribution in [3.05, 3.63) is 50.4 Å². The van der Waals surface area contributed by atoms with Crippen LogP contribution in [-0.4, -0.2) is 27.3 Å². The predicted molar refractivity (Wildman–Crippen MR) is 98.6 cm³/mol. The van der Waals surface area contributed by atoms with Crippen LogP contribution in [0.4, 0.5) is 5.69 Å². The summed E-state index contributed by atoms with van der Waals surface area (Å²) in [5, 5.41) is 8.21. The summed E-state index contributed by atoms with van der Waals surface area (Å²) >= 11 is 14.2. The number of aryl methyl sites for hydroxylation is 1. The highest BCUT2D eigenvalue weighted by atomic mass is 35.5. The second-order valence-electron chi connectivity index (χ2n) is 5.76. The van der Waals surface area contributed by atoms with Gasteiger partial charge in [0.05, 0.1) is 17.6 Å². The molecule has 1 aromatic carbocycles. The largest absolute Gasteiger partial charge is 0.381 e. The van der Waals surface area contributed by atoms with Gasteiger partial charge in [0.25, 0.3) is 5.56 Å². The molecule has 1 fully saturated rings. The molecular weight excluding hydrogens is 353 g/mol. The standard InChI is InChI=1S/C16H17Cl2N3OS/c1-10-3-4-11(7-12(10)17)21-15(22)14(18)13(8-20-21)19-9-16(23-2)5-6-16/h3-4,7-8,19H,5-6,9H2,1-2H3. The molecule has 7 heteroatoms. The quantitative estimate of drug-likeness (QED) is 0.859. The number of anilines is 1. The first-order chi connectivity index (χ1) is 11.0. The smallest absolute Gasteiger partial charge is 0.292 e. The van der Waals surface area contributed by atoms with Crippen molar-refractivity contribution in [2.24, 2.45) is 0 Å². The summed E-state index contributed by atoms with van der Waals surface area (Å²) in [4.78, 5) is 12.5. The number of hydrogen-bond acceptors (Lipinski definition) is 4. The Labute approximate surface area is 149 Å². The topological polar surface area (TPSA) is 46.9 Å². The SMILES string of the molecule is CSC1(CNc2cnn(-c3ccc(C)c(Cl)c3)c(=O)c2Cl)CC1. The Bertz CT molecular complexity index is 802. The predicted octanol–water partition coefficient (Wildman–Crippen LogP) is 4.16. The first-order valence-corrected chi connectivity index (χ1v) is 9.27. The third-order valence-electron chi connectivity index (χ3n) is 4.16. The molecule has 0 saturated heterocycles. The number of aromatic nitrogens is 2. The van der Waals surface area contributed by atoms with Crippen LogP contribution in [0.1, 0.15) is 18.4 Å². The summed E-state index contributed by atoms with van der Waals surface area (Å²) in [6.07, 6.45) is 6.07. The van der Waals surface area contributed by atoms with Crippen molar-refractivity contribution >= 4 is 40.7 Å². The first-order valence-electron chi connectivity index (χ1n) is 7.29. The Balaban J connectivity index is 1.88. The lowest BCUT2D eigenvalue weighted by atomic mass is 10.2. The molecule has 0 bridgehead atoms. The summed E-state index contributed by atoms with van der Waals surface area (Å²) < 4.78 is 1.54. The van der Waals surface area contributed by atoms with Gasteiger partial charge < -0.3 is 5.32 Å². The fraction of sp³-hybridized carbons (Fsp3) is 0.375. The maximum atomic E-state index is 12.5. The lowest BCUT2D eigenvalue weighted by molar-refractivity contribution is 0.805. The molecule has 2 aromatic rings. The van der Waals surface area contributed by atoms with Gasteiger partial charge in [-0.1, -0.05) is 29.3 Å². The Morgan fingerprint density at radius 2 is 2.13 bits per heavy atom. The lowest BCUT2D eigenvalue weighted by Gasteiger charge is -2.15. The molecule has 1 aromatic heterocycles. The first kappa shape index (κ1) is 16.7. The average Bonchev–Trinajstić information content (AvgIpc) is 3.32. The van der Waals surface area contributed by atoms with Crippen molar-refractivity contribution in [2.45, 2.75) is 24.5 Å². The number of hydrogen-bond donors (Lipinski definition) is 1. The van der Waals surface area contributed by atoms with Crippen LogP contribution in [0, 0.1) is 6.92 Å². The molecule has 1 N–H and O–H groups in total. The van der Waals surface area contributed by atoms with E-state index in [-0.39, 0.29) is 15.3 Å². The summed E-state index contributed by atoms with van der Waals surface area (Å²) in [6, 6.07) is 5.36. The number of rotatable bonds is 5. The van der Waals surface area contributed by atoms with Crippen LogP contribution in [0.3, 0.4) is 0 Å². The van der Waals surface area contributed by atoms with Gasteiger partial charge in [-0.3, -0.25) is 4.79 Å². The van der Waals surface area contributed by atoms with E-state index in [1.807, 2.05) is 24.8 Å². The minimum Gasteiger partial charge on any atom is -0.381 e. The van der Waals surface area contributed by atoms with E-state index in [9.17, 15) is 4.79 Å². The Hall–Kier alpha value is -1.17. The zero-order chi connectivity index (χ0) is 16.6. The Morgan fingerprint density at radius 3 is 2.74 bits per heavy atom. The molecule has 1 saturated carbocycles. The maximum Gasteiger partial charge on any atom is 0.292 e. The molecule has 1 aliphatic rings. The molecule has 0 aliphatic heterocycles. The highest BCUT2D eigenvalue weighted by Gasteiger charge is 2.41. The van der Waals surface area contributed by atoms with Crippen molar-refractivity contribution in [1.29, 1.82) is 0 Å². The molecule has 1 aliphatic carbocycles. The number of nitrogens with one attached hydrogen (secondary N) is 1. The van der Waals surface area contributed by atoms with Crippen LogP contribution in [-0.2, 0) is 0 Å². The molecule has 4 nitrogen and oxygen atoms in total. The molecular formula is C16H17Cl2N3OS. The van der Waals surface area contributed by atoms with E-state index >= 15 is 0 Å². The van der Waals surface area contributed by atoms with E-state index in [0.29, 0.717) is 16.4 Å². The third kappa shape index (κ3) is 3.37. The van der Waals surface area contributed by atoms with E-state index in [0.717, 1.165) is 12.1 Å². The molecule has 1 heterocycles. The van der Waals surface area contributed by atoms with E-state index in [2.05, 4.69) is 16.7 Å². The molecule has 23 heavy (non-hydrogen) atoms. The summed E-state index contributed by atoms with van der Waals surface area (Å²) in [6.45, 7) is 2.69. The van der Waals surface area contributed by atoms with Crippen LogP contribution in [0.5, 0.6) is 0 Å². The van der Waals surface area contributed by atoms with Gasteiger partial charge in [0.2, 0.25) is 0 Å². The normalized spacial score (nSPS) is 15.5. The van der Waals surface area contributed by atoms with Crippen LogP contribution in [0.25, 0.3) is 5.69 Å². The van der Waals surface area contributed by atoms with Gasteiger partial charge in [-0.05, 0) is 43.7 Å². The minimum atomic E-state index is -0.356. The van der Waals surface area contributed by atoms with Gasteiger partial charge >= 0.3 is 0 Å². The maximum absolute atomic E-state index is 12.5. The molecule has 3 rings (SSSR count). The van der Waals surface area contributed by atoms with Gasteiger partial charge in [0, 0.05) is 16.3 Å². The second kappa shape index (κ2) is 6.38. The van der Waals surface area contributed by atoms with Gasteiger partial charge in [0.1, 0.15) is 5.02 Å². The molecule has 0 spiro atoms. The van der Waals surface area contributed by atoms with Crippen molar-refractivity contribution < 1.29 is 0 Å². The summed E-state index contributed by atoms with van der Waals surface area (Å²) in [5.74, 6) is 0. The fourth-order valence-electron chi connectivity index (χ4n) is 2.30. The van der Waals surface area contributed by atoms with Crippen molar-refractivity contribution in [2.75, 3.05) is 18.1 Å². The number of nitrogens with zero attached hydrogens (tertiary/aromatic N) is 2. The minimum absolute atomic E-state index is 0.147. The Kier molecular flexibility index (Phi) is 4.63. The molecule has 0 atom stereocenters. The number of thioether (sulfide) groups is 1. The molecule has 0 radical (unpaired) electrons. The van der Waals surface area contributed by atoms with E-state index < -0.39 is 0 Å². The lowest BCUT2D eigenvalue weighted by Crippen LogP contribution is -2.24. The van der Waals surface area contributed by atoms with Gasteiger partial charge in [-0.15, -0.1) is 0 Å². The zero-order valence-corrected chi connectivity index (χ0v) is 15.2. The average molecular weight is 370 g/mol. The van der Waals surface area contributed by atoms with Crippen LogP contribution < -0.4 is 10.9 Å². The number of halogens is 2. The fourth-order valence-corrected chi connectivity index (χ4v) is 3.40. The monoisotopic (exact) mass is 369 g/mol. The third-order valence-corrected chi connectivity index (χ3v) is 6.35. The zero-order valence-electron chi connectivity index (χ0n) is 12.9. The van der Waals surface area contributed by atoms with Gasteiger partial charge in [0.15, 0.2) is 0 Å². The van der Waals surface area contributed by atoms with Gasteiger partial charge in [-0.25, -0.2) is 0 Å². The van der Waals surface area contributed by atoms with Crippen molar-refractivity contribution in [1.82, 2.24) is 9.78 Å². The van der Waals surface area contributed by atoms with E-state index in [4.69, 9.17) is 23.2 Å². The Morgan fingerprint density at radius 1 is 1.39 bits per heavy atom. The highest BCUT2D eigenvalue weighted by Crippen LogP contribution is 2.47. The van der Waals surface area contributed by atoms with Crippen molar-refractivity contribution in [3.63, 3.8) is 0 Å². The van der Waals surface area contributed by atoms with E-state index in [1.165, 1.54) is 17.5 Å². The molecule has 122 valence electrons. The molecule has 0 unspecified atom stereocenters.